The quantitative estimate of drug-likeness (QED) is 0.564. The van der Waals surface area contributed by atoms with Crippen molar-refractivity contribution < 1.29 is 14.3 Å². The van der Waals surface area contributed by atoms with Crippen LogP contribution >= 0.6 is 23.1 Å². The molecule has 22 heavy (non-hydrogen) atoms. The molecule has 0 radical (unpaired) electrons. The Morgan fingerprint density at radius 3 is 2.86 bits per heavy atom. The van der Waals surface area contributed by atoms with Crippen molar-refractivity contribution in [1.82, 2.24) is 4.90 Å². The second-order valence-corrected chi connectivity index (χ2v) is 7.62. The molecular formula is C16H23NO3S2. The van der Waals surface area contributed by atoms with E-state index in [0.717, 1.165) is 30.6 Å². The average molecular weight is 341 g/mol. The SMILES string of the molecule is CCCCCC1SCC(C(=O)OC)N1C(=O)Cc1cccs1. The van der Waals surface area contributed by atoms with Gasteiger partial charge in [-0.3, -0.25) is 4.79 Å². The van der Waals surface area contributed by atoms with E-state index in [1.807, 2.05) is 17.5 Å². The van der Waals surface area contributed by atoms with E-state index in [1.165, 1.54) is 7.11 Å². The number of carbonyl (C=O) groups is 2. The molecule has 0 N–H and O–H groups in total. The molecule has 0 bridgehead atoms. The molecule has 2 heterocycles. The highest BCUT2D eigenvalue weighted by Crippen LogP contribution is 2.34. The van der Waals surface area contributed by atoms with Crippen LogP contribution in [-0.2, 0) is 20.7 Å². The first-order valence-corrected chi connectivity index (χ1v) is 9.63. The van der Waals surface area contributed by atoms with Crippen LogP contribution in [0, 0.1) is 0 Å². The molecule has 122 valence electrons. The van der Waals surface area contributed by atoms with Crippen molar-refractivity contribution in [2.45, 2.75) is 50.4 Å². The lowest BCUT2D eigenvalue weighted by Crippen LogP contribution is -2.46. The highest BCUT2D eigenvalue weighted by Gasteiger charge is 2.41. The number of thioether (sulfide) groups is 1. The number of rotatable bonds is 7. The predicted molar refractivity (Wildman–Crippen MR) is 91.1 cm³/mol. The monoisotopic (exact) mass is 341 g/mol. The minimum atomic E-state index is -0.436. The fourth-order valence-electron chi connectivity index (χ4n) is 2.66. The van der Waals surface area contributed by atoms with Gasteiger partial charge >= 0.3 is 5.97 Å². The van der Waals surface area contributed by atoms with Crippen molar-refractivity contribution in [3.05, 3.63) is 22.4 Å². The van der Waals surface area contributed by atoms with E-state index in [2.05, 4.69) is 6.92 Å². The zero-order chi connectivity index (χ0) is 15.9. The Balaban J connectivity index is 2.06. The molecule has 1 aromatic heterocycles. The molecule has 0 spiro atoms. The van der Waals surface area contributed by atoms with Crippen LogP contribution in [0.5, 0.6) is 0 Å². The fourth-order valence-corrected chi connectivity index (χ4v) is 4.82. The number of thiophene rings is 1. The van der Waals surface area contributed by atoms with Crippen molar-refractivity contribution in [1.29, 1.82) is 0 Å². The van der Waals surface area contributed by atoms with Gasteiger partial charge in [0.15, 0.2) is 0 Å². The summed E-state index contributed by atoms with van der Waals surface area (Å²) in [5.74, 6) is 0.369. The van der Waals surface area contributed by atoms with Crippen molar-refractivity contribution in [3.63, 3.8) is 0 Å². The standard InChI is InChI=1S/C16H23NO3S2/c1-3-4-5-8-15-17(13(11-22-15)16(19)20-2)14(18)10-12-7-6-9-21-12/h6-7,9,13,15H,3-5,8,10-11H2,1-2H3. The van der Waals surface area contributed by atoms with Gasteiger partial charge in [-0.25, -0.2) is 4.79 Å². The number of carbonyl (C=O) groups excluding carboxylic acids is 2. The van der Waals surface area contributed by atoms with Crippen molar-refractivity contribution in [3.8, 4) is 0 Å². The maximum absolute atomic E-state index is 12.7. The molecule has 2 atom stereocenters. The van der Waals surface area contributed by atoms with Gasteiger partial charge in [-0.05, 0) is 17.9 Å². The molecule has 1 saturated heterocycles. The lowest BCUT2D eigenvalue weighted by molar-refractivity contribution is -0.151. The van der Waals surface area contributed by atoms with Crippen molar-refractivity contribution in [2.24, 2.45) is 0 Å². The largest absolute Gasteiger partial charge is 0.467 e. The number of ether oxygens (including phenoxy) is 1. The van der Waals surface area contributed by atoms with E-state index in [1.54, 1.807) is 28.0 Å². The van der Waals surface area contributed by atoms with Crippen molar-refractivity contribution in [2.75, 3.05) is 12.9 Å². The van der Waals surface area contributed by atoms with Crippen LogP contribution in [0.2, 0.25) is 0 Å². The molecule has 0 aliphatic carbocycles. The van der Waals surface area contributed by atoms with Crippen LogP contribution in [-0.4, -0.2) is 41.1 Å². The van der Waals surface area contributed by atoms with Gasteiger partial charge in [-0.2, -0.15) is 0 Å². The lowest BCUT2D eigenvalue weighted by Gasteiger charge is -2.28. The molecule has 4 nitrogen and oxygen atoms in total. The van der Waals surface area contributed by atoms with E-state index >= 15 is 0 Å². The number of unbranched alkanes of at least 4 members (excludes halogenated alkanes) is 2. The molecule has 0 saturated carbocycles. The van der Waals surface area contributed by atoms with Gasteiger partial charge < -0.3 is 9.64 Å². The van der Waals surface area contributed by atoms with Gasteiger partial charge in [0, 0.05) is 10.6 Å². The molecule has 1 fully saturated rings. The summed E-state index contributed by atoms with van der Waals surface area (Å²) in [5, 5.41) is 2.07. The van der Waals surface area contributed by atoms with E-state index in [4.69, 9.17) is 4.74 Å². The second-order valence-electron chi connectivity index (χ2n) is 5.38. The third-order valence-corrected chi connectivity index (χ3v) is 6.05. The zero-order valence-corrected chi connectivity index (χ0v) is 14.8. The highest BCUT2D eigenvalue weighted by atomic mass is 32.2. The molecule has 1 aromatic rings. The Labute approximate surface area is 140 Å². The third-order valence-electron chi connectivity index (χ3n) is 3.81. The average Bonchev–Trinajstić information content (AvgIpc) is 3.16. The van der Waals surface area contributed by atoms with Gasteiger partial charge in [0.05, 0.1) is 18.9 Å². The molecule has 2 unspecified atom stereocenters. The van der Waals surface area contributed by atoms with Gasteiger partial charge in [0.25, 0.3) is 0 Å². The zero-order valence-electron chi connectivity index (χ0n) is 13.1. The highest BCUT2D eigenvalue weighted by molar-refractivity contribution is 8.00. The van der Waals surface area contributed by atoms with Crippen LogP contribution in [0.25, 0.3) is 0 Å². The summed E-state index contributed by atoms with van der Waals surface area (Å²) in [4.78, 5) is 27.5. The van der Waals surface area contributed by atoms with E-state index in [9.17, 15) is 9.59 Å². The lowest BCUT2D eigenvalue weighted by atomic mass is 10.1. The van der Waals surface area contributed by atoms with E-state index in [0.29, 0.717) is 12.2 Å². The molecule has 1 aliphatic heterocycles. The van der Waals surface area contributed by atoms with Crippen LogP contribution in [0.15, 0.2) is 17.5 Å². The normalized spacial score (nSPS) is 21.1. The Bertz CT molecular complexity index is 490. The third kappa shape index (κ3) is 4.26. The van der Waals surface area contributed by atoms with Crippen LogP contribution in [0.1, 0.15) is 37.5 Å². The Morgan fingerprint density at radius 1 is 1.41 bits per heavy atom. The summed E-state index contributed by atoms with van der Waals surface area (Å²) in [6.07, 6.45) is 4.72. The number of hydrogen-bond acceptors (Lipinski definition) is 5. The number of hydrogen-bond donors (Lipinski definition) is 0. The molecule has 1 aliphatic rings. The first kappa shape index (κ1) is 17.3. The number of nitrogens with zero attached hydrogens (tertiary/aromatic N) is 1. The van der Waals surface area contributed by atoms with Crippen LogP contribution < -0.4 is 0 Å². The maximum Gasteiger partial charge on any atom is 0.329 e. The van der Waals surface area contributed by atoms with Gasteiger partial charge in [-0.15, -0.1) is 23.1 Å². The molecule has 2 rings (SSSR count). The minimum absolute atomic E-state index is 0.0318. The minimum Gasteiger partial charge on any atom is -0.467 e. The summed E-state index contributed by atoms with van der Waals surface area (Å²) < 4.78 is 4.88. The summed E-state index contributed by atoms with van der Waals surface area (Å²) in [7, 11) is 1.39. The first-order valence-electron chi connectivity index (χ1n) is 7.70. The molecule has 6 heteroatoms. The molecule has 0 aromatic carbocycles. The summed E-state index contributed by atoms with van der Waals surface area (Å²) in [6.45, 7) is 2.17. The Hall–Kier alpha value is -1.01. The van der Waals surface area contributed by atoms with Crippen LogP contribution in [0.4, 0.5) is 0 Å². The topological polar surface area (TPSA) is 46.6 Å². The molecule has 1 amide bonds. The van der Waals surface area contributed by atoms with Crippen LogP contribution in [0.3, 0.4) is 0 Å². The second kappa shape index (κ2) is 8.58. The maximum atomic E-state index is 12.7. The van der Waals surface area contributed by atoms with Gasteiger partial charge in [-0.1, -0.05) is 32.3 Å². The van der Waals surface area contributed by atoms with E-state index < -0.39 is 6.04 Å². The van der Waals surface area contributed by atoms with Gasteiger partial charge in [0.1, 0.15) is 6.04 Å². The number of amides is 1. The summed E-state index contributed by atoms with van der Waals surface area (Å²) in [5.41, 5.74) is 0. The fraction of sp³-hybridized carbons (Fsp3) is 0.625. The summed E-state index contributed by atoms with van der Waals surface area (Å²) >= 11 is 3.28. The van der Waals surface area contributed by atoms with Gasteiger partial charge in [0.2, 0.25) is 5.91 Å². The predicted octanol–water partition coefficient (Wildman–Crippen LogP) is 3.31. The van der Waals surface area contributed by atoms with E-state index in [-0.39, 0.29) is 17.3 Å². The number of esters is 1. The smallest absolute Gasteiger partial charge is 0.329 e. The van der Waals surface area contributed by atoms with Crippen molar-refractivity contribution >= 4 is 35.0 Å². The Morgan fingerprint density at radius 2 is 2.23 bits per heavy atom. The first-order chi connectivity index (χ1) is 10.7. The molecular weight excluding hydrogens is 318 g/mol. The number of methoxy groups -OCH3 is 1. The summed E-state index contributed by atoms with van der Waals surface area (Å²) in [6, 6.07) is 3.47. The Kier molecular flexibility index (Phi) is 6.76.